The summed E-state index contributed by atoms with van der Waals surface area (Å²) in [5, 5.41) is 4.44. The predicted molar refractivity (Wildman–Crippen MR) is 61.4 cm³/mol. The fourth-order valence-corrected chi connectivity index (χ4v) is 2.20. The zero-order valence-electron chi connectivity index (χ0n) is 8.34. The molecule has 2 N–H and O–H groups in total. The SMILES string of the molecule is O=c1[nH]c2ccccc2c2c1CCCN2. The Hall–Kier alpha value is -1.77. The van der Waals surface area contributed by atoms with Crippen LogP contribution < -0.4 is 10.9 Å². The minimum Gasteiger partial charge on any atom is -0.384 e. The van der Waals surface area contributed by atoms with Crippen LogP contribution in [0.1, 0.15) is 12.0 Å². The van der Waals surface area contributed by atoms with Gasteiger partial charge in [0, 0.05) is 17.5 Å². The van der Waals surface area contributed by atoms with Crippen LogP contribution in [0, 0.1) is 0 Å². The van der Waals surface area contributed by atoms with Gasteiger partial charge in [0.1, 0.15) is 0 Å². The molecule has 2 heterocycles. The molecule has 3 rings (SSSR count). The van der Waals surface area contributed by atoms with Crippen LogP contribution >= 0.6 is 0 Å². The van der Waals surface area contributed by atoms with Gasteiger partial charge in [-0.15, -0.1) is 0 Å². The van der Waals surface area contributed by atoms with Crippen molar-refractivity contribution in [2.24, 2.45) is 0 Å². The second kappa shape index (κ2) is 3.12. The van der Waals surface area contributed by atoms with Crippen LogP contribution in [0.4, 0.5) is 5.69 Å². The van der Waals surface area contributed by atoms with Crippen molar-refractivity contribution < 1.29 is 0 Å². The molecule has 0 radical (unpaired) electrons. The lowest BCUT2D eigenvalue weighted by atomic mass is 10.0. The van der Waals surface area contributed by atoms with Gasteiger partial charge in [0.15, 0.2) is 0 Å². The molecule has 1 aliphatic heterocycles. The Bertz CT molecular complexity index is 571. The van der Waals surface area contributed by atoms with Gasteiger partial charge in [-0.25, -0.2) is 0 Å². The van der Waals surface area contributed by atoms with Gasteiger partial charge in [-0.3, -0.25) is 4.79 Å². The zero-order chi connectivity index (χ0) is 10.3. The molecule has 0 fully saturated rings. The Kier molecular flexibility index (Phi) is 1.78. The van der Waals surface area contributed by atoms with E-state index in [4.69, 9.17) is 0 Å². The maximum atomic E-state index is 11.8. The molecule has 0 amide bonds. The summed E-state index contributed by atoms with van der Waals surface area (Å²) in [5.41, 5.74) is 2.90. The predicted octanol–water partition coefficient (Wildman–Crippen LogP) is 1.89. The van der Waals surface area contributed by atoms with Crippen LogP contribution in [0.3, 0.4) is 0 Å². The van der Waals surface area contributed by atoms with Gasteiger partial charge in [-0.1, -0.05) is 18.2 Å². The highest BCUT2D eigenvalue weighted by Gasteiger charge is 2.14. The number of rotatable bonds is 0. The number of pyridine rings is 1. The van der Waals surface area contributed by atoms with Crippen molar-refractivity contribution in [2.45, 2.75) is 12.8 Å². The lowest BCUT2D eigenvalue weighted by molar-refractivity contribution is 0.820. The molecule has 15 heavy (non-hydrogen) atoms. The summed E-state index contributed by atoms with van der Waals surface area (Å²) in [6.07, 6.45) is 1.91. The standard InChI is InChI=1S/C12H12N2O/c15-12-9-5-3-7-13-11(9)8-4-1-2-6-10(8)14-12/h1-2,4,6,13H,3,5,7H2,(H,14,15). The first-order chi connectivity index (χ1) is 7.36. The summed E-state index contributed by atoms with van der Waals surface area (Å²) in [7, 11) is 0. The summed E-state index contributed by atoms with van der Waals surface area (Å²) in [6, 6.07) is 7.92. The molecular weight excluding hydrogens is 188 g/mol. The third kappa shape index (κ3) is 1.23. The summed E-state index contributed by atoms with van der Waals surface area (Å²) in [5.74, 6) is 0. The number of aromatic amines is 1. The average molecular weight is 200 g/mol. The Balaban J connectivity index is 2.44. The zero-order valence-corrected chi connectivity index (χ0v) is 8.34. The van der Waals surface area contributed by atoms with Crippen molar-refractivity contribution >= 4 is 16.6 Å². The molecule has 3 nitrogen and oxygen atoms in total. The molecule has 3 heteroatoms. The molecule has 1 aromatic carbocycles. The van der Waals surface area contributed by atoms with Gasteiger partial charge < -0.3 is 10.3 Å². The van der Waals surface area contributed by atoms with Gasteiger partial charge in [0.2, 0.25) is 0 Å². The number of nitrogens with one attached hydrogen (secondary N) is 2. The minimum absolute atomic E-state index is 0.0518. The van der Waals surface area contributed by atoms with Crippen LogP contribution in [0.15, 0.2) is 29.1 Å². The smallest absolute Gasteiger partial charge is 0.253 e. The second-order valence-electron chi connectivity index (χ2n) is 3.88. The molecule has 0 bridgehead atoms. The van der Waals surface area contributed by atoms with Crippen molar-refractivity contribution in [3.63, 3.8) is 0 Å². The van der Waals surface area contributed by atoms with E-state index in [-0.39, 0.29) is 5.56 Å². The van der Waals surface area contributed by atoms with Crippen LogP contribution in [-0.4, -0.2) is 11.5 Å². The number of anilines is 1. The number of hydrogen-bond donors (Lipinski definition) is 2. The number of hydrogen-bond acceptors (Lipinski definition) is 2. The molecule has 0 unspecified atom stereocenters. The summed E-state index contributed by atoms with van der Waals surface area (Å²) in [4.78, 5) is 14.7. The first kappa shape index (κ1) is 8.53. The number of aromatic nitrogens is 1. The molecule has 1 aliphatic rings. The monoisotopic (exact) mass is 200 g/mol. The van der Waals surface area contributed by atoms with Crippen LogP contribution in [-0.2, 0) is 6.42 Å². The van der Waals surface area contributed by atoms with Crippen molar-refractivity contribution in [3.05, 3.63) is 40.2 Å². The largest absolute Gasteiger partial charge is 0.384 e. The van der Waals surface area contributed by atoms with Gasteiger partial charge in [0.25, 0.3) is 5.56 Å². The van der Waals surface area contributed by atoms with E-state index >= 15 is 0 Å². The molecule has 0 spiro atoms. The topological polar surface area (TPSA) is 44.9 Å². The van der Waals surface area contributed by atoms with E-state index in [9.17, 15) is 4.79 Å². The van der Waals surface area contributed by atoms with Crippen molar-refractivity contribution in [3.8, 4) is 0 Å². The van der Waals surface area contributed by atoms with E-state index in [2.05, 4.69) is 10.3 Å². The third-order valence-corrected chi connectivity index (χ3v) is 2.93. The van der Waals surface area contributed by atoms with Crippen LogP contribution in [0.2, 0.25) is 0 Å². The molecule has 0 saturated heterocycles. The third-order valence-electron chi connectivity index (χ3n) is 2.93. The Morgan fingerprint density at radius 1 is 1.20 bits per heavy atom. The summed E-state index contributed by atoms with van der Waals surface area (Å²) in [6.45, 7) is 0.959. The highest BCUT2D eigenvalue weighted by molar-refractivity contribution is 5.92. The molecule has 1 aromatic heterocycles. The van der Waals surface area contributed by atoms with Gasteiger partial charge >= 0.3 is 0 Å². The molecule has 0 aliphatic carbocycles. The first-order valence-corrected chi connectivity index (χ1v) is 5.24. The van der Waals surface area contributed by atoms with E-state index in [1.165, 1.54) is 0 Å². The van der Waals surface area contributed by atoms with Gasteiger partial charge in [-0.05, 0) is 18.9 Å². The fraction of sp³-hybridized carbons (Fsp3) is 0.250. The summed E-state index contributed by atoms with van der Waals surface area (Å²) >= 11 is 0. The maximum Gasteiger partial charge on any atom is 0.253 e. The molecule has 0 saturated carbocycles. The normalized spacial score (nSPS) is 14.7. The Labute approximate surface area is 87.1 Å². The number of benzene rings is 1. The first-order valence-electron chi connectivity index (χ1n) is 5.24. The Morgan fingerprint density at radius 2 is 2.07 bits per heavy atom. The molecule has 2 aromatic rings. The van der Waals surface area contributed by atoms with E-state index in [1.807, 2.05) is 24.3 Å². The highest BCUT2D eigenvalue weighted by Crippen LogP contribution is 2.26. The lowest BCUT2D eigenvalue weighted by Crippen LogP contribution is -2.22. The van der Waals surface area contributed by atoms with E-state index in [0.717, 1.165) is 41.5 Å². The van der Waals surface area contributed by atoms with Crippen molar-refractivity contribution in [2.75, 3.05) is 11.9 Å². The Morgan fingerprint density at radius 3 is 3.00 bits per heavy atom. The van der Waals surface area contributed by atoms with Crippen LogP contribution in [0.5, 0.6) is 0 Å². The van der Waals surface area contributed by atoms with Crippen molar-refractivity contribution in [1.29, 1.82) is 0 Å². The minimum atomic E-state index is 0.0518. The van der Waals surface area contributed by atoms with Gasteiger partial charge in [0.05, 0.1) is 11.2 Å². The maximum absolute atomic E-state index is 11.8. The number of para-hydroxylation sites is 1. The number of fused-ring (bicyclic) bond motifs is 3. The molecule has 0 atom stereocenters. The number of H-pyrrole nitrogens is 1. The molecular formula is C12H12N2O. The second-order valence-corrected chi connectivity index (χ2v) is 3.88. The highest BCUT2D eigenvalue weighted by atomic mass is 16.1. The van der Waals surface area contributed by atoms with Crippen LogP contribution in [0.25, 0.3) is 10.9 Å². The fourth-order valence-electron chi connectivity index (χ4n) is 2.20. The molecule has 76 valence electrons. The van der Waals surface area contributed by atoms with Crippen molar-refractivity contribution in [1.82, 2.24) is 4.98 Å². The lowest BCUT2D eigenvalue weighted by Gasteiger charge is -2.18. The average Bonchev–Trinajstić information content (AvgIpc) is 2.30. The van der Waals surface area contributed by atoms with E-state index < -0.39 is 0 Å². The van der Waals surface area contributed by atoms with E-state index in [0.29, 0.717) is 0 Å². The quantitative estimate of drug-likeness (QED) is 0.682. The van der Waals surface area contributed by atoms with E-state index in [1.54, 1.807) is 0 Å². The summed E-state index contributed by atoms with van der Waals surface area (Å²) < 4.78 is 0. The van der Waals surface area contributed by atoms with Gasteiger partial charge in [-0.2, -0.15) is 0 Å².